The van der Waals surface area contributed by atoms with Crippen LogP contribution >= 0.6 is 15.9 Å². The fourth-order valence-electron chi connectivity index (χ4n) is 1.46. The smallest absolute Gasteiger partial charge is 0.161 e. The highest BCUT2D eigenvalue weighted by Crippen LogP contribution is 2.23. The summed E-state index contributed by atoms with van der Waals surface area (Å²) in [4.78, 5) is 8.65. The molecule has 1 aromatic rings. The van der Waals surface area contributed by atoms with Gasteiger partial charge in [-0.2, -0.15) is 0 Å². The van der Waals surface area contributed by atoms with Crippen molar-refractivity contribution < 1.29 is 9.47 Å². The second kappa shape index (κ2) is 5.56. The van der Waals surface area contributed by atoms with Crippen LogP contribution in [0.2, 0.25) is 0 Å². The predicted octanol–water partition coefficient (Wildman–Crippen LogP) is 1.76. The van der Waals surface area contributed by atoms with Crippen molar-refractivity contribution in [2.45, 2.75) is 13.0 Å². The third-order valence-corrected chi connectivity index (χ3v) is 2.79. The third kappa shape index (κ3) is 2.69. The number of halogens is 1. The number of hydrogen-bond acceptors (Lipinski definition) is 5. The quantitative estimate of drug-likeness (QED) is 0.918. The maximum atomic E-state index is 5.54. The van der Waals surface area contributed by atoms with E-state index in [1.807, 2.05) is 6.92 Å². The van der Waals surface area contributed by atoms with Gasteiger partial charge in [-0.25, -0.2) is 9.97 Å². The second-order valence-electron chi connectivity index (χ2n) is 3.39. The molecule has 0 saturated carbocycles. The van der Waals surface area contributed by atoms with Crippen LogP contribution in [0.5, 0.6) is 0 Å². The minimum absolute atomic E-state index is 0.153. The Hall–Kier alpha value is -0.720. The summed E-state index contributed by atoms with van der Waals surface area (Å²) in [7, 11) is 0. The maximum Gasteiger partial charge on any atom is 0.161 e. The van der Waals surface area contributed by atoms with E-state index in [-0.39, 0.29) is 6.10 Å². The van der Waals surface area contributed by atoms with E-state index in [1.54, 1.807) is 6.20 Å². The summed E-state index contributed by atoms with van der Waals surface area (Å²) in [5, 5.41) is 3.16. The molecule has 1 fully saturated rings. The number of hydrogen-bond donors (Lipinski definition) is 1. The van der Waals surface area contributed by atoms with E-state index in [9.17, 15) is 0 Å². The van der Waals surface area contributed by atoms with Gasteiger partial charge in [-0.15, -0.1) is 0 Å². The molecule has 1 aliphatic heterocycles. The van der Waals surface area contributed by atoms with Crippen molar-refractivity contribution >= 4 is 21.7 Å². The molecule has 5 nitrogen and oxygen atoms in total. The zero-order valence-electron chi connectivity index (χ0n) is 9.07. The van der Waals surface area contributed by atoms with Crippen molar-refractivity contribution in [3.63, 3.8) is 0 Å². The zero-order valence-corrected chi connectivity index (χ0v) is 10.7. The van der Waals surface area contributed by atoms with Crippen LogP contribution in [0.25, 0.3) is 0 Å². The highest BCUT2D eigenvalue weighted by Gasteiger charge is 2.20. The average Bonchev–Trinajstić information content (AvgIpc) is 2.33. The van der Waals surface area contributed by atoms with Crippen LogP contribution in [-0.2, 0) is 9.47 Å². The lowest BCUT2D eigenvalue weighted by Crippen LogP contribution is -2.24. The average molecular weight is 288 g/mol. The van der Waals surface area contributed by atoms with E-state index < -0.39 is 0 Å². The van der Waals surface area contributed by atoms with Crippen molar-refractivity contribution in [2.75, 3.05) is 31.7 Å². The lowest BCUT2D eigenvalue weighted by molar-refractivity contribution is -0.0934. The summed E-state index contributed by atoms with van der Waals surface area (Å²) in [6.07, 6.45) is 1.58. The van der Waals surface area contributed by atoms with Gasteiger partial charge in [0, 0.05) is 12.7 Å². The van der Waals surface area contributed by atoms with Gasteiger partial charge < -0.3 is 14.8 Å². The lowest BCUT2D eigenvalue weighted by atomic mass is 10.3. The van der Waals surface area contributed by atoms with Crippen LogP contribution in [0.4, 0.5) is 5.82 Å². The molecule has 1 atom stereocenters. The molecule has 6 heteroatoms. The Morgan fingerprint density at radius 3 is 3.12 bits per heavy atom. The van der Waals surface area contributed by atoms with Gasteiger partial charge in [0.25, 0.3) is 0 Å². The van der Waals surface area contributed by atoms with E-state index >= 15 is 0 Å². The topological polar surface area (TPSA) is 56.3 Å². The largest absolute Gasteiger partial charge is 0.376 e. The Bertz CT molecular complexity index is 356. The van der Waals surface area contributed by atoms with E-state index in [2.05, 4.69) is 31.2 Å². The molecule has 1 N–H and O–H groups in total. The van der Waals surface area contributed by atoms with Crippen molar-refractivity contribution in [3.8, 4) is 0 Å². The van der Waals surface area contributed by atoms with E-state index in [1.165, 1.54) is 0 Å². The zero-order chi connectivity index (χ0) is 11.4. The van der Waals surface area contributed by atoms with Crippen molar-refractivity contribution in [1.29, 1.82) is 0 Å². The van der Waals surface area contributed by atoms with Crippen LogP contribution in [0, 0.1) is 0 Å². The summed E-state index contributed by atoms with van der Waals surface area (Å²) in [6, 6.07) is 0. The number of anilines is 1. The van der Waals surface area contributed by atoms with Gasteiger partial charge in [0.1, 0.15) is 11.9 Å². The standard InChI is InChI=1S/C10H14BrN3O2/c1-2-12-9-7(11)5-13-10(14-9)8-6-15-3-4-16-8/h5,8H,2-4,6H2,1H3,(H,12,13,14). The highest BCUT2D eigenvalue weighted by atomic mass is 79.9. The Morgan fingerprint density at radius 2 is 2.44 bits per heavy atom. The summed E-state index contributed by atoms with van der Waals surface area (Å²) >= 11 is 3.40. The molecule has 0 aromatic carbocycles. The third-order valence-electron chi connectivity index (χ3n) is 2.21. The Kier molecular flexibility index (Phi) is 4.09. The van der Waals surface area contributed by atoms with Gasteiger partial charge in [0.15, 0.2) is 5.82 Å². The molecule has 1 saturated heterocycles. The van der Waals surface area contributed by atoms with Gasteiger partial charge in [-0.05, 0) is 22.9 Å². The fraction of sp³-hybridized carbons (Fsp3) is 0.600. The molecule has 1 aliphatic rings. The van der Waals surface area contributed by atoms with Crippen molar-refractivity contribution in [3.05, 3.63) is 16.5 Å². The van der Waals surface area contributed by atoms with Crippen LogP contribution in [0.1, 0.15) is 18.9 Å². The molecule has 0 bridgehead atoms. The Labute approximate surface area is 103 Å². The van der Waals surface area contributed by atoms with Crippen LogP contribution in [0.3, 0.4) is 0 Å². The first kappa shape index (κ1) is 11.8. The van der Waals surface area contributed by atoms with Crippen molar-refractivity contribution in [2.24, 2.45) is 0 Å². The SMILES string of the molecule is CCNc1nc(C2COCCO2)ncc1Br. The van der Waals surface area contributed by atoms with Gasteiger partial charge in [0.05, 0.1) is 24.3 Å². The lowest BCUT2D eigenvalue weighted by Gasteiger charge is -2.22. The minimum atomic E-state index is -0.153. The predicted molar refractivity (Wildman–Crippen MR) is 63.4 cm³/mol. The molecule has 0 radical (unpaired) electrons. The van der Waals surface area contributed by atoms with Crippen molar-refractivity contribution in [1.82, 2.24) is 9.97 Å². The number of ether oxygens (including phenoxy) is 2. The molecule has 88 valence electrons. The van der Waals surface area contributed by atoms with Crippen LogP contribution < -0.4 is 5.32 Å². The molecule has 16 heavy (non-hydrogen) atoms. The molecule has 2 heterocycles. The number of nitrogens with one attached hydrogen (secondary N) is 1. The van der Waals surface area contributed by atoms with E-state index in [0.717, 1.165) is 16.8 Å². The highest BCUT2D eigenvalue weighted by molar-refractivity contribution is 9.10. The van der Waals surface area contributed by atoms with Gasteiger partial charge in [-0.3, -0.25) is 0 Å². The molecular formula is C10H14BrN3O2. The second-order valence-corrected chi connectivity index (χ2v) is 4.24. The summed E-state index contributed by atoms with van der Waals surface area (Å²) < 4.78 is 11.7. The Balaban J connectivity index is 2.17. The first-order valence-electron chi connectivity index (χ1n) is 5.27. The molecular weight excluding hydrogens is 274 g/mol. The first-order valence-corrected chi connectivity index (χ1v) is 6.06. The van der Waals surface area contributed by atoms with Crippen LogP contribution in [0.15, 0.2) is 10.7 Å². The van der Waals surface area contributed by atoms with E-state index in [0.29, 0.717) is 25.6 Å². The number of rotatable bonds is 3. The molecule has 0 amide bonds. The minimum Gasteiger partial charge on any atom is -0.376 e. The van der Waals surface area contributed by atoms with Gasteiger partial charge in [-0.1, -0.05) is 0 Å². The molecule has 0 aliphatic carbocycles. The number of nitrogens with zero attached hydrogens (tertiary/aromatic N) is 2. The summed E-state index contributed by atoms with van der Waals surface area (Å²) in [5.41, 5.74) is 0. The van der Waals surface area contributed by atoms with Gasteiger partial charge >= 0.3 is 0 Å². The summed E-state index contributed by atoms with van der Waals surface area (Å²) in [6.45, 7) is 4.60. The fourth-order valence-corrected chi connectivity index (χ4v) is 1.80. The molecule has 0 spiro atoms. The summed E-state index contributed by atoms with van der Waals surface area (Å²) in [5.74, 6) is 1.46. The number of aromatic nitrogens is 2. The van der Waals surface area contributed by atoms with Crippen LogP contribution in [-0.4, -0.2) is 36.3 Å². The molecule has 1 unspecified atom stereocenters. The molecule has 1 aromatic heterocycles. The normalized spacial score (nSPS) is 20.8. The maximum absolute atomic E-state index is 5.54. The van der Waals surface area contributed by atoms with Gasteiger partial charge in [0.2, 0.25) is 0 Å². The molecule has 2 rings (SSSR count). The first-order chi connectivity index (χ1) is 7.81. The van der Waals surface area contributed by atoms with E-state index in [4.69, 9.17) is 9.47 Å². The monoisotopic (exact) mass is 287 g/mol. The Morgan fingerprint density at radius 1 is 1.56 bits per heavy atom.